The quantitative estimate of drug-likeness (QED) is 0.355. The third-order valence-electron chi connectivity index (χ3n) is 2.33. The van der Waals surface area contributed by atoms with Gasteiger partial charge in [0.15, 0.2) is 0 Å². The fourth-order valence-corrected chi connectivity index (χ4v) is 1.82. The molecule has 7 heteroatoms. The molecule has 6 nitrogen and oxygen atoms in total. The van der Waals surface area contributed by atoms with Crippen LogP contribution in [0.3, 0.4) is 0 Å². The normalized spacial score (nSPS) is 10.8. The van der Waals surface area contributed by atoms with Gasteiger partial charge >= 0.3 is 5.97 Å². The van der Waals surface area contributed by atoms with Gasteiger partial charge in [0.25, 0.3) is 5.69 Å². The maximum atomic E-state index is 11.7. The van der Waals surface area contributed by atoms with Crippen molar-refractivity contribution in [1.82, 2.24) is 0 Å². The minimum atomic E-state index is -0.647. The van der Waals surface area contributed by atoms with Gasteiger partial charge in [-0.25, -0.2) is 4.79 Å². The first-order chi connectivity index (χ1) is 9.49. The number of rotatable bonds is 5. The van der Waals surface area contributed by atoms with Crippen LogP contribution in [0, 0.1) is 21.4 Å². The molecule has 1 aromatic rings. The van der Waals surface area contributed by atoms with E-state index in [-0.39, 0.29) is 29.9 Å². The Morgan fingerprint density at radius 2 is 2.30 bits per heavy atom. The number of hydrogen-bond donors (Lipinski definition) is 0. The maximum absolute atomic E-state index is 11.7. The Morgan fingerprint density at radius 3 is 2.85 bits per heavy atom. The summed E-state index contributed by atoms with van der Waals surface area (Å²) in [5.41, 5.74) is 0.176. The van der Waals surface area contributed by atoms with E-state index in [1.807, 2.05) is 6.07 Å². The number of nitrogens with zero attached hydrogens (tertiary/aromatic N) is 2. The number of nitro groups is 1. The topological polar surface area (TPSA) is 93.2 Å². The van der Waals surface area contributed by atoms with Gasteiger partial charge in [-0.3, -0.25) is 10.1 Å². The Balaban J connectivity index is 3.27. The lowest BCUT2D eigenvalue weighted by Crippen LogP contribution is -2.07. The first-order valence-corrected chi connectivity index (χ1v) is 6.47. The third-order valence-corrected chi connectivity index (χ3v) is 2.82. The van der Waals surface area contributed by atoms with Crippen LogP contribution in [0.4, 0.5) is 5.69 Å². The molecule has 0 radical (unpaired) electrons. The lowest BCUT2D eigenvalue weighted by atomic mass is 10.1. The molecular weight excluding hydrogens is 328 g/mol. The smallest absolute Gasteiger partial charge is 0.335 e. The monoisotopic (exact) mass is 338 g/mol. The number of nitriles is 1. The van der Waals surface area contributed by atoms with Crippen molar-refractivity contribution >= 4 is 33.7 Å². The van der Waals surface area contributed by atoms with Gasteiger partial charge in [-0.1, -0.05) is 15.9 Å². The second-order valence-corrected chi connectivity index (χ2v) is 4.60. The molecule has 0 saturated carbocycles. The molecule has 1 rings (SSSR count). The fourth-order valence-electron chi connectivity index (χ4n) is 1.48. The summed E-state index contributed by atoms with van der Waals surface area (Å²) in [6.45, 7) is 1.81. The average Bonchev–Trinajstić information content (AvgIpc) is 2.40. The Hall–Kier alpha value is -2.20. The van der Waals surface area contributed by atoms with Crippen molar-refractivity contribution in [3.8, 4) is 6.07 Å². The standard InChI is InChI=1S/C13H11BrN2O4/c1-2-20-13(17)10(5-6-15)7-9-3-4-11(14)8-12(9)16(18)19/h3-4,7-8H,2,5H2,1H3/b10-7-. The minimum Gasteiger partial charge on any atom is -0.463 e. The van der Waals surface area contributed by atoms with Crippen LogP contribution in [-0.2, 0) is 9.53 Å². The lowest BCUT2D eigenvalue weighted by molar-refractivity contribution is -0.385. The van der Waals surface area contributed by atoms with Gasteiger partial charge in [-0.05, 0) is 25.1 Å². The van der Waals surface area contributed by atoms with Crippen molar-refractivity contribution < 1.29 is 14.5 Å². The van der Waals surface area contributed by atoms with E-state index in [2.05, 4.69) is 15.9 Å². The molecule has 0 amide bonds. The highest BCUT2D eigenvalue weighted by Gasteiger charge is 2.16. The molecule has 0 atom stereocenters. The predicted molar refractivity (Wildman–Crippen MR) is 75.6 cm³/mol. The Labute approximate surface area is 123 Å². The summed E-state index contributed by atoms with van der Waals surface area (Å²) in [5.74, 6) is -0.647. The number of hydrogen-bond acceptors (Lipinski definition) is 5. The van der Waals surface area contributed by atoms with Gasteiger partial charge in [0.2, 0.25) is 0 Å². The first kappa shape index (κ1) is 15.9. The number of benzene rings is 1. The fraction of sp³-hybridized carbons (Fsp3) is 0.231. The number of nitro benzene ring substituents is 1. The molecule has 104 valence electrons. The van der Waals surface area contributed by atoms with Crippen molar-refractivity contribution in [2.45, 2.75) is 13.3 Å². The van der Waals surface area contributed by atoms with Crippen molar-refractivity contribution in [3.63, 3.8) is 0 Å². The zero-order valence-corrected chi connectivity index (χ0v) is 12.2. The highest BCUT2D eigenvalue weighted by Crippen LogP contribution is 2.26. The van der Waals surface area contributed by atoms with Gasteiger partial charge in [0, 0.05) is 10.5 Å². The average molecular weight is 339 g/mol. The number of carbonyl (C=O) groups excluding carboxylic acids is 1. The highest BCUT2D eigenvalue weighted by atomic mass is 79.9. The SMILES string of the molecule is CCOC(=O)/C(=C\c1ccc(Br)cc1[N+](=O)[O-])CC#N. The van der Waals surface area contributed by atoms with Crippen LogP contribution >= 0.6 is 15.9 Å². The highest BCUT2D eigenvalue weighted by molar-refractivity contribution is 9.10. The number of carbonyl (C=O) groups is 1. The number of ether oxygens (including phenoxy) is 1. The van der Waals surface area contributed by atoms with Crippen LogP contribution in [0.1, 0.15) is 18.9 Å². The van der Waals surface area contributed by atoms with Crippen LogP contribution in [0.15, 0.2) is 28.2 Å². The van der Waals surface area contributed by atoms with Crippen LogP contribution in [0.2, 0.25) is 0 Å². The summed E-state index contributed by atoms with van der Waals surface area (Å²) in [6, 6.07) is 6.29. The van der Waals surface area contributed by atoms with Gasteiger partial charge in [-0.15, -0.1) is 0 Å². The number of esters is 1. The Kier molecular flexibility index (Phi) is 5.87. The summed E-state index contributed by atoms with van der Waals surface area (Å²) in [4.78, 5) is 22.1. The molecule has 0 unspecified atom stereocenters. The van der Waals surface area contributed by atoms with E-state index in [9.17, 15) is 14.9 Å². The molecule has 0 N–H and O–H groups in total. The molecule has 0 bridgehead atoms. The van der Waals surface area contributed by atoms with Crippen molar-refractivity contribution in [3.05, 3.63) is 43.9 Å². The van der Waals surface area contributed by atoms with Crippen LogP contribution in [0.5, 0.6) is 0 Å². The molecule has 0 aliphatic carbocycles. The molecule has 0 spiro atoms. The van der Waals surface area contributed by atoms with E-state index >= 15 is 0 Å². The van der Waals surface area contributed by atoms with E-state index in [0.717, 1.165) is 0 Å². The van der Waals surface area contributed by atoms with E-state index in [1.165, 1.54) is 18.2 Å². The second kappa shape index (κ2) is 7.40. The second-order valence-electron chi connectivity index (χ2n) is 3.69. The molecule has 0 aliphatic rings. The van der Waals surface area contributed by atoms with Gasteiger partial charge in [-0.2, -0.15) is 5.26 Å². The van der Waals surface area contributed by atoms with Gasteiger partial charge in [0.05, 0.1) is 35.2 Å². The third kappa shape index (κ3) is 4.17. The maximum Gasteiger partial charge on any atom is 0.335 e. The van der Waals surface area contributed by atoms with Gasteiger partial charge < -0.3 is 4.74 Å². The summed E-state index contributed by atoms with van der Waals surface area (Å²) < 4.78 is 5.37. The Morgan fingerprint density at radius 1 is 1.60 bits per heavy atom. The van der Waals surface area contributed by atoms with Gasteiger partial charge in [0.1, 0.15) is 0 Å². The molecule has 0 aliphatic heterocycles. The van der Waals surface area contributed by atoms with Crippen molar-refractivity contribution in [2.24, 2.45) is 0 Å². The molecule has 20 heavy (non-hydrogen) atoms. The largest absolute Gasteiger partial charge is 0.463 e. The predicted octanol–water partition coefficient (Wildman–Crippen LogP) is 3.22. The minimum absolute atomic E-state index is 0.0831. The molecule has 1 aromatic carbocycles. The summed E-state index contributed by atoms with van der Waals surface area (Å²) >= 11 is 3.15. The summed E-state index contributed by atoms with van der Waals surface area (Å²) in [7, 11) is 0. The molecule has 0 heterocycles. The van der Waals surface area contributed by atoms with Crippen molar-refractivity contribution in [2.75, 3.05) is 6.61 Å². The molecule has 0 aromatic heterocycles. The summed E-state index contributed by atoms with van der Waals surface area (Å²) in [5, 5.41) is 19.7. The van der Waals surface area contributed by atoms with E-state index in [1.54, 1.807) is 13.0 Å². The molecule has 0 saturated heterocycles. The zero-order valence-electron chi connectivity index (χ0n) is 10.6. The van der Waals surface area contributed by atoms with E-state index in [0.29, 0.717) is 4.47 Å². The van der Waals surface area contributed by atoms with E-state index in [4.69, 9.17) is 10.00 Å². The van der Waals surface area contributed by atoms with Crippen LogP contribution in [0.25, 0.3) is 6.08 Å². The van der Waals surface area contributed by atoms with E-state index < -0.39 is 10.9 Å². The molecular formula is C13H11BrN2O4. The summed E-state index contributed by atoms with van der Waals surface area (Å²) in [6.07, 6.45) is 1.14. The van der Waals surface area contributed by atoms with Crippen LogP contribution in [-0.4, -0.2) is 17.5 Å². The zero-order chi connectivity index (χ0) is 15.1. The molecule has 0 fully saturated rings. The first-order valence-electron chi connectivity index (χ1n) is 5.68. The van der Waals surface area contributed by atoms with Crippen molar-refractivity contribution in [1.29, 1.82) is 5.26 Å². The Bertz CT molecular complexity index is 605. The lowest BCUT2D eigenvalue weighted by Gasteiger charge is -2.04. The van der Waals surface area contributed by atoms with Crippen LogP contribution < -0.4 is 0 Å². The number of halogens is 1.